The third kappa shape index (κ3) is 5.30. The normalized spacial score (nSPS) is 11.5. The number of aromatic hydroxyl groups is 2. The first-order chi connectivity index (χ1) is 26.3. The van der Waals surface area contributed by atoms with E-state index in [-0.39, 0.29) is 22.0 Å². The number of imidazole rings is 1. The predicted octanol–water partition coefficient (Wildman–Crippen LogP) is 8.35. The van der Waals surface area contributed by atoms with Crippen LogP contribution in [-0.4, -0.2) is 43.3 Å². The number of fused-ring (bicyclic) bond motifs is 3. The molecule has 250 valence electrons. The van der Waals surface area contributed by atoms with Crippen molar-refractivity contribution >= 4 is 72.5 Å². The van der Waals surface area contributed by atoms with E-state index < -0.39 is 11.5 Å². The Kier molecular flexibility index (Phi) is 8.16. The van der Waals surface area contributed by atoms with Crippen molar-refractivity contribution in [3.63, 3.8) is 0 Å². The molecule has 0 saturated heterocycles. The van der Waals surface area contributed by atoms with Gasteiger partial charge in [0.25, 0.3) is 0 Å². The summed E-state index contributed by atoms with van der Waals surface area (Å²) in [7, 11) is 19.0. The molecule has 54 heavy (non-hydrogen) atoms. The second-order valence-electron chi connectivity index (χ2n) is 13.6. The Morgan fingerprint density at radius 3 is 1.74 bits per heavy atom. The van der Waals surface area contributed by atoms with Gasteiger partial charge in [0.05, 0.1) is 11.0 Å². The van der Waals surface area contributed by atoms with E-state index in [9.17, 15) is 10.2 Å². The predicted molar refractivity (Wildman–Crippen MR) is 227 cm³/mol. The average Bonchev–Trinajstić information content (AvgIpc) is 3.61. The van der Waals surface area contributed by atoms with Crippen LogP contribution in [0.25, 0.3) is 82.8 Å². The summed E-state index contributed by atoms with van der Waals surface area (Å²) < 4.78 is 2.23. The Balaban J connectivity index is 1.21. The average molecular weight is 688 g/mol. The lowest BCUT2D eigenvalue weighted by atomic mass is 9.68. The van der Waals surface area contributed by atoms with Crippen LogP contribution in [-0.2, 0) is 6.42 Å². The number of aryl methyl sites for hydroxylation is 1. The zero-order valence-corrected chi connectivity index (χ0v) is 29.6. The lowest BCUT2D eigenvalue weighted by Gasteiger charge is -2.23. The van der Waals surface area contributed by atoms with Gasteiger partial charge in [-0.05, 0) is 85.3 Å². The summed E-state index contributed by atoms with van der Waals surface area (Å²) >= 11 is 0. The maximum absolute atomic E-state index is 11.4. The molecular weight excluding hydrogens is 657 g/mol. The van der Waals surface area contributed by atoms with Crippen LogP contribution >= 0.6 is 0 Å². The number of phenols is 2. The minimum Gasteiger partial charge on any atom is -0.505 e. The fraction of sp³-hybridized carbons (Fsp3) is 0.0426. The summed E-state index contributed by atoms with van der Waals surface area (Å²) in [5.41, 5.74) is 10.4. The molecule has 0 saturated carbocycles. The monoisotopic (exact) mass is 688 g/mol. The number of aromatic nitrogens is 2. The minimum absolute atomic E-state index is 0.0219. The van der Waals surface area contributed by atoms with Gasteiger partial charge in [0.15, 0.2) is 5.75 Å². The molecule has 7 heteroatoms. The maximum atomic E-state index is 11.4. The molecule has 0 atom stereocenters. The van der Waals surface area contributed by atoms with Crippen LogP contribution in [0.2, 0.25) is 0 Å². The molecule has 9 aromatic rings. The number of para-hydroxylation sites is 2. The molecule has 0 fully saturated rings. The Morgan fingerprint density at radius 2 is 1.04 bits per heavy atom. The van der Waals surface area contributed by atoms with Gasteiger partial charge in [0.2, 0.25) is 0 Å². The maximum Gasteiger partial charge on any atom is 0.164 e. The standard InChI is InChI=1S/C47H31B3N2O2/c1-2-39-51-37-14-8-9-15-38(37)52(39)32-23-20-29(21-24-32)28-16-18-30(19-17-28)40-33-12-6-7-13-34(33)41(42-43(48)44(49)45(50)47(54)46(42)53)36-26-31(22-25-35(36)40)27-10-4-3-5-11-27/h3-26,53-54H,2H2,1H3. The largest absolute Gasteiger partial charge is 0.505 e. The smallest absolute Gasteiger partial charge is 0.164 e. The van der Waals surface area contributed by atoms with Gasteiger partial charge in [0, 0.05) is 23.2 Å². The van der Waals surface area contributed by atoms with Crippen LogP contribution in [0.15, 0.2) is 146 Å². The minimum atomic E-state index is -0.495. The molecule has 1 heterocycles. The number of rotatable bonds is 6. The van der Waals surface area contributed by atoms with Crippen molar-refractivity contribution in [1.82, 2.24) is 9.55 Å². The Morgan fingerprint density at radius 1 is 0.481 bits per heavy atom. The lowest BCUT2D eigenvalue weighted by molar-refractivity contribution is 0.409. The molecule has 6 radical (unpaired) electrons. The first kappa shape index (κ1) is 33.4. The van der Waals surface area contributed by atoms with Gasteiger partial charge >= 0.3 is 0 Å². The SMILES string of the molecule is [B]c1c([B])c(O)c(O)c(-c2c3ccccc3c(-c3ccc(-c4ccc(-n5c(CC)nc6ccccc65)cc4)cc3)c3ccc(-c4ccccc4)cc23)c1[B]. The summed E-state index contributed by atoms with van der Waals surface area (Å²) in [5, 5.41) is 25.9. The quantitative estimate of drug-likeness (QED) is 0.105. The second kappa shape index (κ2) is 13.2. The van der Waals surface area contributed by atoms with Crippen molar-refractivity contribution in [3.05, 3.63) is 151 Å². The number of phenolic OH excluding ortho intramolecular Hbond substituents is 2. The van der Waals surface area contributed by atoms with Gasteiger partial charge < -0.3 is 10.2 Å². The van der Waals surface area contributed by atoms with Gasteiger partial charge in [-0.3, -0.25) is 4.57 Å². The van der Waals surface area contributed by atoms with Crippen LogP contribution in [0.3, 0.4) is 0 Å². The van der Waals surface area contributed by atoms with E-state index in [1.54, 1.807) is 0 Å². The highest BCUT2D eigenvalue weighted by molar-refractivity contribution is 6.60. The van der Waals surface area contributed by atoms with Crippen molar-refractivity contribution in [1.29, 1.82) is 0 Å². The Labute approximate surface area is 317 Å². The molecule has 0 aliphatic heterocycles. The highest BCUT2D eigenvalue weighted by atomic mass is 16.3. The zero-order valence-electron chi connectivity index (χ0n) is 29.6. The Hall–Kier alpha value is -6.46. The topological polar surface area (TPSA) is 58.3 Å². The summed E-state index contributed by atoms with van der Waals surface area (Å²) in [5.74, 6) is 0.125. The molecule has 0 amide bonds. The molecule has 9 rings (SSSR count). The fourth-order valence-corrected chi connectivity index (χ4v) is 7.84. The fourth-order valence-electron chi connectivity index (χ4n) is 7.84. The van der Waals surface area contributed by atoms with Crippen LogP contribution in [0.4, 0.5) is 0 Å². The molecule has 0 aliphatic carbocycles. The molecule has 0 spiro atoms. The molecule has 0 aliphatic rings. The van der Waals surface area contributed by atoms with E-state index in [1.807, 2.05) is 42.5 Å². The number of hydrogen-bond acceptors (Lipinski definition) is 3. The highest BCUT2D eigenvalue weighted by Crippen LogP contribution is 2.47. The van der Waals surface area contributed by atoms with E-state index in [1.165, 1.54) is 0 Å². The summed E-state index contributed by atoms with van der Waals surface area (Å²) in [6.45, 7) is 2.13. The van der Waals surface area contributed by atoms with E-state index in [2.05, 4.69) is 115 Å². The van der Waals surface area contributed by atoms with E-state index in [4.69, 9.17) is 28.5 Å². The van der Waals surface area contributed by atoms with Gasteiger partial charge in [-0.15, -0.1) is 5.46 Å². The molecule has 4 nitrogen and oxygen atoms in total. The van der Waals surface area contributed by atoms with Crippen LogP contribution < -0.4 is 16.4 Å². The van der Waals surface area contributed by atoms with Crippen molar-refractivity contribution < 1.29 is 10.2 Å². The summed E-state index contributed by atoms with van der Waals surface area (Å²) in [6.07, 6.45) is 0.834. The second-order valence-corrected chi connectivity index (χ2v) is 13.6. The van der Waals surface area contributed by atoms with Gasteiger partial charge in [-0.25, -0.2) is 4.98 Å². The van der Waals surface area contributed by atoms with Crippen LogP contribution in [0.5, 0.6) is 11.5 Å². The van der Waals surface area contributed by atoms with Gasteiger partial charge in [-0.1, -0.05) is 133 Å². The van der Waals surface area contributed by atoms with E-state index in [0.29, 0.717) is 5.56 Å². The van der Waals surface area contributed by atoms with Gasteiger partial charge in [0.1, 0.15) is 35.1 Å². The van der Waals surface area contributed by atoms with E-state index in [0.717, 1.165) is 83.9 Å². The highest BCUT2D eigenvalue weighted by Gasteiger charge is 2.24. The summed E-state index contributed by atoms with van der Waals surface area (Å²) in [6, 6.07) is 50.0. The Bertz CT molecular complexity index is 2870. The third-order valence-corrected chi connectivity index (χ3v) is 10.5. The van der Waals surface area contributed by atoms with E-state index >= 15 is 0 Å². The molecular formula is C47H31B3N2O2. The van der Waals surface area contributed by atoms with Crippen molar-refractivity contribution in [2.75, 3.05) is 0 Å². The van der Waals surface area contributed by atoms with Crippen LogP contribution in [0, 0.1) is 0 Å². The molecule has 8 aromatic carbocycles. The number of hydrogen-bond donors (Lipinski definition) is 2. The van der Waals surface area contributed by atoms with Crippen molar-refractivity contribution in [2.45, 2.75) is 13.3 Å². The van der Waals surface area contributed by atoms with Crippen LogP contribution in [0.1, 0.15) is 12.7 Å². The molecule has 2 N–H and O–H groups in total. The van der Waals surface area contributed by atoms with Gasteiger partial charge in [-0.2, -0.15) is 0 Å². The number of benzene rings is 8. The first-order valence-electron chi connectivity index (χ1n) is 17.9. The third-order valence-electron chi connectivity index (χ3n) is 10.5. The molecule has 0 bridgehead atoms. The number of nitrogens with zero attached hydrogens (tertiary/aromatic N) is 2. The van der Waals surface area contributed by atoms with Crippen molar-refractivity contribution in [3.8, 4) is 61.7 Å². The molecule has 0 unspecified atom stereocenters. The summed E-state index contributed by atoms with van der Waals surface area (Å²) in [4.78, 5) is 4.85. The molecule has 1 aromatic heterocycles. The first-order valence-corrected chi connectivity index (χ1v) is 17.9. The lowest BCUT2D eigenvalue weighted by Crippen LogP contribution is -2.40. The zero-order chi connectivity index (χ0) is 37.1. The van der Waals surface area contributed by atoms with Crippen molar-refractivity contribution in [2.24, 2.45) is 0 Å².